The molecule has 0 radical (unpaired) electrons. The molecule has 0 bridgehead atoms. The second-order valence-electron chi connectivity index (χ2n) is 6.53. The monoisotopic (exact) mass is 416 g/mol. The molecule has 0 N–H and O–H groups in total. The normalized spacial score (nSPS) is 15.2. The molecule has 29 heavy (non-hydrogen) atoms. The quantitative estimate of drug-likeness (QED) is 0.324. The summed E-state index contributed by atoms with van der Waals surface area (Å²) in [6.07, 6.45) is 1.26. The van der Waals surface area contributed by atoms with Crippen LogP contribution in [0, 0.1) is 0 Å². The Bertz CT molecular complexity index is 987. The first-order chi connectivity index (χ1) is 13.7. The molecule has 0 amide bonds. The third-order valence-electron chi connectivity index (χ3n) is 3.88. The molecule has 0 unspecified atom stereocenters. The van der Waals surface area contributed by atoms with E-state index in [2.05, 4.69) is 0 Å². The van der Waals surface area contributed by atoms with Crippen molar-refractivity contribution >= 4 is 35.6 Å². The summed E-state index contributed by atoms with van der Waals surface area (Å²) in [5, 5.41) is 0.0540. The Balaban J connectivity index is 1.92. The van der Waals surface area contributed by atoms with Gasteiger partial charge in [-0.1, -0.05) is 29.8 Å². The summed E-state index contributed by atoms with van der Waals surface area (Å²) < 4.78 is 20.7. The van der Waals surface area contributed by atoms with Crippen molar-refractivity contribution in [1.82, 2.24) is 0 Å². The summed E-state index contributed by atoms with van der Waals surface area (Å²) in [4.78, 5) is 36.5. The van der Waals surface area contributed by atoms with Crippen molar-refractivity contribution in [2.45, 2.75) is 19.6 Å². The van der Waals surface area contributed by atoms with Gasteiger partial charge in [-0.15, -0.1) is 0 Å². The lowest BCUT2D eigenvalue weighted by molar-refractivity contribution is -0.222. The summed E-state index contributed by atoms with van der Waals surface area (Å²) >= 11 is 6.26. The predicted molar refractivity (Wildman–Crippen MR) is 104 cm³/mol. The first-order valence-electron chi connectivity index (χ1n) is 8.53. The lowest BCUT2D eigenvalue weighted by atomic mass is 10.1. The third-order valence-corrected chi connectivity index (χ3v) is 4.16. The lowest BCUT2D eigenvalue weighted by Crippen LogP contribution is -2.41. The molecule has 2 aromatic carbocycles. The van der Waals surface area contributed by atoms with Gasteiger partial charge in [-0.2, -0.15) is 0 Å². The van der Waals surface area contributed by atoms with Gasteiger partial charge in [-0.3, -0.25) is 0 Å². The van der Waals surface area contributed by atoms with Crippen LogP contribution in [0.1, 0.15) is 29.8 Å². The molecule has 1 saturated heterocycles. The number of esters is 3. The fourth-order valence-electron chi connectivity index (χ4n) is 2.59. The van der Waals surface area contributed by atoms with E-state index >= 15 is 0 Å². The van der Waals surface area contributed by atoms with Crippen LogP contribution in [0.5, 0.6) is 11.5 Å². The van der Waals surface area contributed by atoms with Crippen LogP contribution in [0.3, 0.4) is 0 Å². The smallest absolute Gasteiger partial charge is 0.348 e. The minimum Gasteiger partial charge on any atom is -0.493 e. The van der Waals surface area contributed by atoms with Gasteiger partial charge in [0.2, 0.25) is 0 Å². The number of methoxy groups -OCH3 is 1. The highest BCUT2D eigenvalue weighted by Crippen LogP contribution is 2.38. The number of hydrogen-bond acceptors (Lipinski definition) is 7. The molecule has 2 aromatic rings. The number of ether oxygens (including phenoxy) is 4. The molecule has 0 spiro atoms. The van der Waals surface area contributed by atoms with E-state index in [0.717, 1.165) is 0 Å². The molecule has 8 heteroatoms. The standard InChI is InChI=1S/C21H17ClO7/c1-21(2)28-19(24)14(20(25)29-21)9-12-10-15(22)17(16(11-12)26-3)27-18(23)13-7-5-4-6-8-13/h4-11H,1-3H3. The van der Waals surface area contributed by atoms with Crippen molar-refractivity contribution in [2.24, 2.45) is 0 Å². The fourth-order valence-corrected chi connectivity index (χ4v) is 2.85. The van der Waals surface area contributed by atoms with Crippen LogP contribution >= 0.6 is 11.6 Å². The van der Waals surface area contributed by atoms with Gasteiger partial charge in [0.1, 0.15) is 5.57 Å². The van der Waals surface area contributed by atoms with Gasteiger partial charge in [-0.25, -0.2) is 14.4 Å². The van der Waals surface area contributed by atoms with Crippen molar-refractivity contribution in [3.8, 4) is 11.5 Å². The molecule has 0 atom stereocenters. The SMILES string of the molecule is COc1cc(C=C2C(=O)OC(C)(C)OC2=O)cc(Cl)c1OC(=O)c1ccccc1. The van der Waals surface area contributed by atoms with E-state index in [0.29, 0.717) is 11.1 Å². The highest BCUT2D eigenvalue weighted by atomic mass is 35.5. The molecule has 150 valence electrons. The van der Waals surface area contributed by atoms with Gasteiger partial charge < -0.3 is 18.9 Å². The number of hydrogen-bond donors (Lipinski definition) is 0. The van der Waals surface area contributed by atoms with Crippen LogP contribution in [-0.2, 0) is 19.1 Å². The van der Waals surface area contributed by atoms with E-state index in [1.165, 1.54) is 39.2 Å². The molecule has 0 saturated carbocycles. The van der Waals surface area contributed by atoms with Gasteiger partial charge in [0.05, 0.1) is 17.7 Å². The molecule has 7 nitrogen and oxygen atoms in total. The maximum absolute atomic E-state index is 12.3. The van der Waals surface area contributed by atoms with E-state index in [-0.39, 0.29) is 22.1 Å². The van der Waals surface area contributed by atoms with E-state index in [1.807, 2.05) is 0 Å². The van der Waals surface area contributed by atoms with Crippen LogP contribution < -0.4 is 9.47 Å². The zero-order valence-electron chi connectivity index (χ0n) is 15.9. The number of benzene rings is 2. The number of halogens is 1. The Morgan fingerprint density at radius 1 is 1.07 bits per heavy atom. The van der Waals surface area contributed by atoms with E-state index in [9.17, 15) is 14.4 Å². The second-order valence-corrected chi connectivity index (χ2v) is 6.93. The minimum absolute atomic E-state index is 0.0140. The molecule has 1 heterocycles. The fraction of sp³-hybridized carbons (Fsp3) is 0.190. The minimum atomic E-state index is -1.34. The molecular formula is C21H17ClO7. The first-order valence-corrected chi connectivity index (χ1v) is 8.91. The summed E-state index contributed by atoms with van der Waals surface area (Å²) in [5.41, 5.74) is 0.401. The Hall–Kier alpha value is -3.32. The number of carbonyl (C=O) groups is 3. The van der Waals surface area contributed by atoms with Crippen molar-refractivity contribution in [2.75, 3.05) is 7.11 Å². The zero-order chi connectivity index (χ0) is 21.2. The van der Waals surface area contributed by atoms with Gasteiger partial charge in [0, 0.05) is 13.8 Å². The van der Waals surface area contributed by atoms with Crippen LogP contribution in [0.4, 0.5) is 0 Å². The molecule has 1 aliphatic heterocycles. The number of rotatable bonds is 4. The summed E-state index contributed by atoms with van der Waals surface area (Å²) in [7, 11) is 1.37. The number of cyclic esters (lactones) is 2. The van der Waals surface area contributed by atoms with Crippen LogP contribution in [0.2, 0.25) is 5.02 Å². The van der Waals surface area contributed by atoms with Crippen molar-refractivity contribution in [3.63, 3.8) is 0 Å². The van der Waals surface area contributed by atoms with Crippen molar-refractivity contribution in [3.05, 3.63) is 64.2 Å². The maximum atomic E-state index is 12.3. The van der Waals surface area contributed by atoms with Crippen LogP contribution in [-0.4, -0.2) is 30.8 Å². The van der Waals surface area contributed by atoms with Crippen molar-refractivity contribution in [1.29, 1.82) is 0 Å². The maximum Gasteiger partial charge on any atom is 0.348 e. The van der Waals surface area contributed by atoms with Gasteiger partial charge in [0.25, 0.3) is 5.79 Å². The van der Waals surface area contributed by atoms with E-state index < -0.39 is 23.7 Å². The van der Waals surface area contributed by atoms with E-state index in [1.54, 1.807) is 30.3 Å². The Labute approximate surface area is 171 Å². The zero-order valence-corrected chi connectivity index (χ0v) is 16.6. The molecule has 0 aromatic heterocycles. The summed E-state index contributed by atoms with van der Waals surface area (Å²) in [5.74, 6) is -3.43. The largest absolute Gasteiger partial charge is 0.493 e. The Kier molecular flexibility index (Phi) is 5.61. The number of carbonyl (C=O) groups excluding carboxylic acids is 3. The Morgan fingerprint density at radius 2 is 1.69 bits per heavy atom. The second kappa shape index (κ2) is 7.97. The topological polar surface area (TPSA) is 88.1 Å². The lowest BCUT2D eigenvalue weighted by Gasteiger charge is -2.29. The summed E-state index contributed by atoms with van der Waals surface area (Å²) in [6, 6.07) is 11.3. The van der Waals surface area contributed by atoms with Crippen LogP contribution in [0.15, 0.2) is 48.0 Å². The van der Waals surface area contributed by atoms with Gasteiger partial charge >= 0.3 is 17.9 Å². The average Bonchev–Trinajstić information content (AvgIpc) is 2.66. The first kappa shape index (κ1) is 20.4. The summed E-state index contributed by atoms with van der Waals surface area (Å²) in [6.45, 7) is 2.91. The van der Waals surface area contributed by atoms with Gasteiger partial charge in [0.15, 0.2) is 11.5 Å². The molecular weight excluding hydrogens is 400 g/mol. The molecule has 0 aliphatic carbocycles. The van der Waals surface area contributed by atoms with Crippen molar-refractivity contribution < 1.29 is 33.3 Å². The van der Waals surface area contributed by atoms with E-state index in [4.69, 9.17) is 30.5 Å². The molecule has 3 rings (SSSR count). The van der Waals surface area contributed by atoms with Crippen LogP contribution in [0.25, 0.3) is 6.08 Å². The third kappa shape index (κ3) is 4.57. The van der Waals surface area contributed by atoms with Gasteiger partial charge in [-0.05, 0) is 35.9 Å². The highest BCUT2D eigenvalue weighted by Gasteiger charge is 2.38. The predicted octanol–water partition coefficient (Wildman–Crippen LogP) is 3.79. The average molecular weight is 417 g/mol. The highest BCUT2D eigenvalue weighted by molar-refractivity contribution is 6.32. The molecule has 1 fully saturated rings. The molecule has 1 aliphatic rings. The Morgan fingerprint density at radius 3 is 2.28 bits per heavy atom.